The number of nitrogens with one attached hydrogen (secondary N) is 2. The van der Waals surface area contributed by atoms with Crippen LogP contribution in [0.2, 0.25) is 0 Å². The molecular formula is C23H31N5O3. The van der Waals surface area contributed by atoms with Gasteiger partial charge in [-0.05, 0) is 71.1 Å². The number of hydrogen-bond acceptors (Lipinski definition) is 6. The number of aromatic amines is 1. The lowest BCUT2D eigenvalue weighted by Gasteiger charge is -2.21. The van der Waals surface area contributed by atoms with Crippen LogP contribution in [0.3, 0.4) is 0 Å². The molecule has 1 aliphatic carbocycles. The number of fused-ring (bicyclic) bond motifs is 1. The first-order valence-corrected chi connectivity index (χ1v) is 10.9. The summed E-state index contributed by atoms with van der Waals surface area (Å²) < 4.78 is 13.5. The van der Waals surface area contributed by atoms with Gasteiger partial charge < -0.3 is 14.8 Å². The fourth-order valence-corrected chi connectivity index (χ4v) is 4.00. The van der Waals surface area contributed by atoms with Gasteiger partial charge in [0.1, 0.15) is 5.39 Å². The topological polar surface area (TPSA) is 94.1 Å². The molecule has 0 radical (unpaired) electrons. The van der Waals surface area contributed by atoms with Crippen LogP contribution in [0.25, 0.3) is 11.0 Å². The Morgan fingerprint density at radius 1 is 1.23 bits per heavy atom. The number of ether oxygens (including phenoxy) is 2. The molecule has 2 heterocycles. The Hall–Kier alpha value is -3.03. The summed E-state index contributed by atoms with van der Waals surface area (Å²) in [4.78, 5) is 20.0. The Kier molecular flexibility index (Phi) is 5.64. The van der Waals surface area contributed by atoms with Crippen LogP contribution in [0.1, 0.15) is 65.0 Å². The smallest absolute Gasteiger partial charge is 0.263 e. The first-order chi connectivity index (χ1) is 14.8. The van der Waals surface area contributed by atoms with Crippen molar-refractivity contribution in [1.29, 1.82) is 0 Å². The maximum Gasteiger partial charge on any atom is 0.263 e. The monoisotopic (exact) mass is 425 g/mol. The molecule has 8 heteroatoms. The molecular weight excluding hydrogens is 394 g/mol. The van der Waals surface area contributed by atoms with Crippen LogP contribution >= 0.6 is 0 Å². The Bertz CT molecular complexity index is 1120. The van der Waals surface area contributed by atoms with E-state index in [9.17, 15) is 4.79 Å². The molecule has 1 aliphatic rings. The van der Waals surface area contributed by atoms with Crippen LogP contribution in [-0.4, -0.2) is 33.0 Å². The zero-order valence-corrected chi connectivity index (χ0v) is 18.9. The molecule has 1 atom stereocenters. The molecule has 2 aromatic heterocycles. The van der Waals surface area contributed by atoms with Crippen molar-refractivity contribution < 1.29 is 9.47 Å². The lowest BCUT2D eigenvalue weighted by molar-refractivity contribution is 0.200. The van der Waals surface area contributed by atoms with Crippen molar-refractivity contribution in [2.75, 3.05) is 12.4 Å². The van der Waals surface area contributed by atoms with Gasteiger partial charge in [-0.3, -0.25) is 9.78 Å². The van der Waals surface area contributed by atoms with E-state index < -0.39 is 0 Å². The van der Waals surface area contributed by atoms with Gasteiger partial charge in [0.2, 0.25) is 5.95 Å². The molecule has 0 aliphatic heterocycles. The van der Waals surface area contributed by atoms with E-state index in [1.165, 1.54) is 12.8 Å². The molecule has 1 fully saturated rings. The molecule has 0 bridgehead atoms. The molecule has 0 amide bonds. The van der Waals surface area contributed by atoms with Crippen LogP contribution in [0.15, 0.2) is 29.2 Å². The molecule has 8 nitrogen and oxygen atoms in total. The third-order valence-corrected chi connectivity index (χ3v) is 5.71. The summed E-state index contributed by atoms with van der Waals surface area (Å²) in [7, 11) is 1.65. The highest BCUT2D eigenvalue weighted by Gasteiger charge is 2.21. The normalized spacial score (nSPS) is 15.9. The Labute approximate surface area is 182 Å². The lowest BCUT2D eigenvalue weighted by atomic mass is 10.1. The molecule has 1 aromatic carbocycles. The highest BCUT2D eigenvalue weighted by Crippen LogP contribution is 2.34. The second-order valence-corrected chi connectivity index (χ2v) is 9.18. The zero-order valence-electron chi connectivity index (χ0n) is 18.9. The lowest BCUT2D eigenvalue weighted by Crippen LogP contribution is -2.24. The number of benzene rings is 1. The predicted molar refractivity (Wildman–Crippen MR) is 121 cm³/mol. The van der Waals surface area contributed by atoms with Crippen LogP contribution in [0.4, 0.5) is 5.95 Å². The van der Waals surface area contributed by atoms with E-state index in [-0.39, 0.29) is 23.2 Å². The molecule has 166 valence electrons. The predicted octanol–water partition coefficient (Wildman–Crippen LogP) is 4.38. The van der Waals surface area contributed by atoms with Gasteiger partial charge in [-0.15, -0.1) is 0 Å². The number of rotatable bonds is 6. The van der Waals surface area contributed by atoms with Crippen LogP contribution < -0.4 is 20.3 Å². The molecule has 31 heavy (non-hydrogen) atoms. The van der Waals surface area contributed by atoms with E-state index in [2.05, 4.69) is 20.4 Å². The van der Waals surface area contributed by atoms with Gasteiger partial charge in [-0.2, -0.15) is 10.1 Å². The molecule has 0 saturated heterocycles. The van der Waals surface area contributed by atoms with E-state index >= 15 is 0 Å². The SMILES string of the molecule is COc1cc(C(C)Nc2nc3c(cnn3C(C)(C)C)c(=O)[nH]2)ccc1OC1CCCC1. The summed E-state index contributed by atoms with van der Waals surface area (Å²) in [5.41, 5.74) is 1.06. The van der Waals surface area contributed by atoms with Gasteiger partial charge in [0, 0.05) is 0 Å². The number of anilines is 1. The van der Waals surface area contributed by atoms with E-state index in [4.69, 9.17) is 9.47 Å². The maximum absolute atomic E-state index is 12.5. The summed E-state index contributed by atoms with van der Waals surface area (Å²) >= 11 is 0. The fraction of sp³-hybridized carbons (Fsp3) is 0.522. The average Bonchev–Trinajstić information content (AvgIpc) is 3.37. The number of H-pyrrole nitrogens is 1. The van der Waals surface area contributed by atoms with Crippen LogP contribution in [-0.2, 0) is 5.54 Å². The van der Waals surface area contributed by atoms with E-state index in [1.807, 2.05) is 45.9 Å². The van der Waals surface area contributed by atoms with Gasteiger partial charge >= 0.3 is 0 Å². The second-order valence-electron chi connectivity index (χ2n) is 9.18. The van der Waals surface area contributed by atoms with Gasteiger partial charge in [0.05, 0.1) is 31.0 Å². The van der Waals surface area contributed by atoms with Crippen LogP contribution in [0, 0.1) is 0 Å². The zero-order chi connectivity index (χ0) is 22.2. The van der Waals surface area contributed by atoms with E-state index in [1.54, 1.807) is 18.0 Å². The highest BCUT2D eigenvalue weighted by molar-refractivity contribution is 5.74. The molecule has 0 spiro atoms. The number of hydrogen-bond donors (Lipinski definition) is 2. The van der Waals surface area contributed by atoms with Crippen molar-refractivity contribution in [2.45, 2.75) is 71.1 Å². The molecule has 2 N–H and O–H groups in total. The number of methoxy groups -OCH3 is 1. The minimum Gasteiger partial charge on any atom is -0.493 e. The molecule has 3 aromatic rings. The van der Waals surface area contributed by atoms with Gasteiger partial charge in [0.15, 0.2) is 17.1 Å². The van der Waals surface area contributed by atoms with Crippen molar-refractivity contribution in [1.82, 2.24) is 19.7 Å². The minimum absolute atomic E-state index is 0.110. The van der Waals surface area contributed by atoms with E-state index in [0.717, 1.165) is 24.2 Å². The first-order valence-electron chi connectivity index (χ1n) is 10.9. The maximum atomic E-state index is 12.5. The largest absolute Gasteiger partial charge is 0.493 e. The number of nitrogens with zero attached hydrogens (tertiary/aromatic N) is 3. The van der Waals surface area contributed by atoms with Crippen LogP contribution in [0.5, 0.6) is 11.5 Å². The quantitative estimate of drug-likeness (QED) is 0.609. The van der Waals surface area contributed by atoms with Crippen molar-refractivity contribution in [3.63, 3.8) is 0 Å². The Balaban J connectivity index is 1.58. The molecule has 1 saturated carbocycles. The summed E-state index contributed by atoms with van der Waals surface area (Å²) in [6.45, 7) is 8.09. The number of aromatic nitrogens is 4. The van der Waals surface area contributed by atoms with Crippen molar-refractivity contribution >= 4 is 17.0 Å². The molecule has 1 unspecified atom stereocenters. The Morgan fingerprint density at radius 3 is 2.65 bits per heavy atom. The van der Waals surface area contributed by atoms with Crippen molar-refractivity contribution in [3.8, 4) is 11.5 Å². The fourth-order valence-electron chi connectivity index (χ4n) is 4.00. The molecule has 4 rings (SSSR count). The Morgan fingerprint density at radius 2 is 1.97 bits per heavy atom. The van der Waals surface area contributed by atoms with Gasteiger partial charge in [-0.1, -0.05) is 6.07 Å². The third-order valence-electron chi connectivity index (χ3n) is 5.71. The second kappa shape index (κ2) is 8.24. The summed E-state index contributed by atoms with van der Waals surface area (Å²) in [6, 6.07) is 5.83. The average molecular weight is 426 g/mol. The van der Waals surface area contributed by atoms with E-state index in [0.29, 0.717) is 22.7 Å². The minimum atomic E-state index is -0.284. The third kappa shape index (κ3) is 4.38. The summed E-state index contributed by atoms with van der Waals surface area (Å²) in [5, 5.41) is 8.13. The van der Waals surface area contributed by atoms with Crippen molar-refractivity contribution in [3.05, 3.63) is 40.3 Å². The van der Waals surface area contributed by atoms with Gasteiger partial charge in [0.25, 0.3) is 5.56 Å². The van der Waals surface area contributed by atoms with Gasteiger partial charge in [-0.25, -0.2) is 4.68 Å². The van der Waals surface area contributed by atoms with Crippen molar-refractivity contribution in [2.24, 2.45) is 0 Å². The highest BCUT2D eigenvalue weighted by atomic mass is 16.5. The summed E-state index contributed by atoms with van der Waals surface area (Å²) in [6.07, 6.45) is 6.45. The summed E-state index contributed by atoms with van der Waals surface area (Å²) in [5.74, 6) is 1.88. The first kappa shape index (κ1) is 21.2. The standard InChI is InChI=1S/C23H31N5O3/c1-14(15-10-11-18(19(12-15)30-5)31-16-8-6-7-9-16)25-22-26-20-17(21(29)27-22)13-24-28(20)23(2,3)4/h10-14,16H,6-9H2,1-5H3,(H2,25,26,27,29).